The van der Waals surface area contributed by atoms with Gasteiger partial charge >= 0.3 is 0 Å². The molecule has 14 heavy (non-hydrogen) atoms. The SMILES string of the molecule is Fc1ccc(C=C2SCCCS2)cc1. The van der Waals surface area contributed by atoms with E-state index in [-0.39, 0.29) is 5.82 Å². The lowest BCUT2D eigenvalue weighted by atomic mass is 10.2. The summed E-state index contributed by atoms with van der Waals surface area (Å²) in [6, 6.07) is 6.64. The van der Waals surface area contributed by atoms with Gasteiger partial charge in [0.25, 0.3) is 0 Å². The second kappa shape index (κ2) is 4.89. The van der Waals surface area contributed by atoms with Crippen LogP contribution < -0.4 is 0 Å². The first-order valence-electron chi connectivity index (χ1n) is 4.57. The van der Waals surface area contributed by atoms with Crippen LogP contribution in [0, 0.1) is 5.82 Å². The number of thioether (sulfide) groups is 2. The summed E-state index contributed by atoms with van der Waals surface area (Å²) in [7, 11) is 0. The van der Waals surface area contributed by atoms with Crippen molar-refractivity contribution >= 4 is 29.6 Å². The molecule has 0 atom stereocenters. The van der Waals surface area contributed by atoms with Crippen molar-refractivity contribution in [1.29, 1.82) is 0 Å². The molecule has 74 valence electrons. The molecule has 0 radical (unpaired) electrons. The van der Waals surface area contributed by atoms with E-state index in [1.165, 1.54) is 34.3 Å². The summed E-state index contributed by atoms with van der Waals surface area (Å²) < 4.78 is 14.0. The van der Waals surface area contributed by atoms with E-state index in [0.29, 0.717) is 0 Å². The monoisotopic (exact) mass is 226 g/mol. The summed E-state index contributed by atoms with van der Waals surface area (Å²) in [6.07, 6.45) is 3.42. The van der Waals surface area contributed by atoms with Gasteiger partial charge in [0.1, 0.15) is 5.82 Å². The molecule has 0 unspecified atom stereocenters. The highest BCUT2D eigenvalue weighted by Crippen LogP contribution is 2.35. The molecule has 0 spiro atoms. The number of hydrogen-bond donors (Lipinski definition) is 0. The third-order valence-corrected chi connectivity index (χ3v) is 4.43. The summed E-state index contributed by atoms with van der Waals surface area (Å²) in [6.45, 7) is 0. The third kappa shape index (κ3) is 2.79. The summed E-state index contributed by atoms with van der Waals surface area (Å²) in [5.74, 6) is 2.25. The number of benzene rings is 1. The lowest BCUT2D eigenvalue weighted by molar-refractivity contribution is 0.628. The van der Waals surface area contributed by atoms with Crippen LogP contribution in [-0.2, 0) is 0 Å². The molecule has 1 heterocycles. The molecule has 0 saturated carbocycles. The van der Waals surface area contributed by atoms with Gasteiger partial charge in [0.2, 0.25) is 0 Å². The van der Waals surface area contributed by atoms with Gasteiger partial charge in [0, 0.05) is 4.24 Å². The summed E-state index contributed by atoms with van der Waals surface area (Å²) in [4.78, 5) is 0. The lowest BCUT2D eigenvalue weighted by Crippen LogP contribution is -1.91. The van der Waals surface area contributed by atoms with Gasteiger partial charge in [0.15, 0.2) is 0 Å². The van der Waals surface area contributed by atoms with Gasteiger partial charge in [-0.25, -0.2) is 4.39 Å². The summed E-state index contributed by atoms with van der Waals surface area (Å²) >= 11 is 3.79. The Bertz CT molecular complexity index is 322. The third-order valence-electron chi connectivity index (χ3n) is 1.93. The van der Waals surface area contributed by atoms with E-state index < -0.39 is 0 Å². The maximum atomic E-state index is 12.6. The van der Waals surface area contributed by atoms with Crippen molar-refractivity contribution in [3.63, 3.8) is 0 Å². The van der Waals surface area contributed by atoms with E-state index in [1.807, 2.05) is 35.7 Å². The minimum atomic E-state index is -0.170. The van der Waals surface area contributed by atoms with Gasteiger partial charge < -0.3 is 0 Å². The molecule has 0 nitrogen and oxygen atoms in total. The van der Waals surface area contributed by atoms with Gasteiger partial charge in [-0.2, -0.15) is 0 Å². The van der Waals surface area contributed by atoms with Crippen molar-refractivity contribution in [3.05, 3.63) is 39.9 Å². The van der Waals surface area contributed by atoms with Crippen LogP contribution in [-0.4, -0.2) is 11.5 Å². The highest BCUT2D eigenvalue weighted by Gasteiger charge is 2.05. The Hall–Kier alpha value is -0.410. The van der Waals surface area contributed by atoms with Crippen LogP contribution in [0.4, 0.5) is 4.39 Å². The van der Waals surface area contributed by atoms with Gasteiger partial charge in [-0.15, -0.1) is 23.5 Å². The molecule has 0 aromatic heterocycles. The van der Waals surface area contributed by atoms with Crippen LogP contribution in [0.3, 0.4) is 0 Å². The Morgan fingerprint density at radius 1 is 1.07 bits per heavy atom. The first kappa shape index (κ1) is 10.1. The van der Waals surface area contributed by atoms with E-state index in [4.69, 9.17) is 0 Å². The zero-order valence-electron chi connectivity index (χ0n) is 7.70. The molecule has 3 heteroatoms. The molecule has 1 aliphatic rings. The molecule has 1 aromatic carbocycles. The minimum absolute atomic E-state index is 0.170. The van der Waals surface area contributed by atoms with E-state index in [1.54, 1.807) is 0 Å². The van der Waals surface area contributed by atoms with Crippen LogP contribution in [0.1, 0.15) is 12.0 Å². The van der Waals surface area contributed by atoms with Gasteiger partial charge in [-0.3, -0.25) is 0 Å². The zero-order valence-corrected chi connectivity index (χ0v) is 9.34. The Balaban J connectivity index is 2.11. The molecule has 1 aliphatic heterocycles. The smallest absolute Gasteiger partial charge is 0.123 e. The van der Waals surface area contributed by atoms with Crippen molar-refractivity contribution in [2.75, 3.05) is 11.5 Å². The largest absolute Gasteiger partial charge is 0.207 e. The average Bonchev–Trinajstić information content (AvgIpc) is 2.23. The molecule has 1 fully saturated rings. The fraction of sp³-hybridized carbons (Fsp3) is 0.273. The van der Waals surface area contributed by atoms with Crippen LogP contribution in [0.15, 0.2) is 28.5 Å². The van der Waals surface area contributed by atoms with Crippen LogP contribution in [0.25, 0.3) is 6.08 Å². The Morgan fingerprint density at radius 2 is 1.71 bits per heavy atom. The fourth-order valence-corrected chi connectivity index (χ4v) is 3.66. The Morgan fingerprint density at radius 3 is 2.36 bits per heavy atom. The van der Waals surface area contributed by atoms with Crippen molar-refractivity contribution in [2.24, 2.45) is 0 Å². The zero-order chi connectivity index (χ0) is 9.80. The van der Waals surface area contributed by atoms with E-state index in [0.717, 1.165) is 5.56 Å². The average molecular weight is 226 g/mol. The first-order chi connectivity index (χ1) is 6.84. The second-order valence-electron chi connectivity index (χ2n) is 3.07. The Labute approximate surface area is 92.0 Å². The molecule has 1 saturated heterocycles. The first-order valence-corrected chi connectivity index (χ1v) is 6.54. The standard InChI is InChI=1S/C11H11FS2/c12-10-4-2-9(3-5-10)8-11-13-6-1-7-14-11/h2-5,8H,1,6-7H2. The van der Waals surface area contributed by atoms with Crippen LogP contribution in [0.2, 0.25) is 0 Å². The van der Waals surface area contributed by atoms with Crippen molar-refractivity contribution in [1.82, 2.24) is 0 Å². The summed E-state index contributed by atoms with van der Waals surface area (Å²) in [5.41, 5.74) is 1.09. The van der Waals surface area contributed by atoms with Crippen molar-refractivity contribution < 1.29 is 4.39 Å². The predicted octanol–water partition coefficient (Wildman–Crippen LogP) is 3.99. The molecular formula is C11H11FS2. The van der Waals surface area contributed by atoms with Crippen molar-refractivity contribution in [2.45, 2.75) is 6.42 Å². The summed E-state index contributed by atoms with van der Waals surface area (Å²) in [5, 5.41) is 0. The Kier molecular flexibility index (Phi) is 3.54. The van der Waals surface area contributed by atoms with E-state index >= 15 is 0 Å². The van der Waals surface area contributed by atoms with Gasteiger partial charge in [0.05, 0.1) is 0 Å². The van der Waals surface area contributed by atoms with Gasteiger partial charge in [-0.1, -0.05) is 12.1 Å². The minimum Gasteiger partial charge on any atom is -0.207 e. The van der Waals surface area contributed by atoms with Crippen LogP contribution in [0.5, 0.6) is 0 Å². The second-order valence-corrected chi connectivity index (χ2v) is 5.60. The molecule has 0 bridgehead atoms. The highest BCUT2D eigenvalue weighted by molar-refractivity contribution is 8.23. The molecular weight excluding hydrogens is 215 g/mol. The van der Waals surface area contributed by atoms with E-state index in [9.17, 15) is 4.39 Å². The maximum Gasteiger partial charge on any atom is 0.123 e. The quantitative estimate of drug-likeness (QED) is 0.710. The molecule has 2 rings (SSSR count). The normalized spacial score (nSPS) is 16.8. The van der Waals surface area contributed by atoms with Gasteiger partial charge in [-0.05, 0) is 41.7 Å². The molecule has 1 aromatic rings. The maximum absolute atomic E-state index is 12.6. The number of halogens is 1. The molecule has 0 aliphatic carbocycles. The molecule has 0 N–H and O–H groups in total. The topological polar surface area (TPSA) is 0 Å². The lowest BCUT2D eigenvalue weighted by Gasteiger charge is -2.12. The number of hydrogen-bond acceptors (Lipinski definition) is 2. The molecule has 0 amide bonds. The number of rotatable bonds is 1. The highest BCUT2D eigenvalue weighted by atomic mass is 32.2. The van der Waals surface area contributed by atoms with Crippen molar-refractivity contribution in [3.8, 4) is 0 Å². The predicted molar refractivity (Wildman–Crippen MR) is 63.9 cm³/mol. The van der Waals surface area contributed by atoms with Crippen LogP contribution >= 0.6 is 23.5 Å². The van der Waals surface area contributed by atoms with E-state index in [2.05, 4.69) is 6.08 Å². The fourth-order valence-electron chi connectivity index (χ4n) is 1.22.